The Morgan fingerprint density at radius 2 is 0.887 bits per heavy atom. The highest BCUT2D eigenvalue weighted by atomic mass is 32.1. The van der Waals surface area contributed by atoms with Gasteiger partial charge in [-0.25, -0.2) is 0 Å². The molecule has 0 amide bonds. The van der Waals surface area contributed by atoms with Crippen molar-refractivity contribution in [1.29, 1.82) is 10.5 Å². The monoisotopic (exact) mass is 823 g/mol. The molecule has 62 heavy (non-hydrogen) atoms. The number of hydrogen-bond acceptors (Lipinski definition) is 5. The molecule has 0 aliphatic rings. The molecule has 13 rings (SSSR count). The molecule has 0 aliphatic carbocycles. The number of thiophene rings is 2. The number of nitrogens with zero attached hydrogens (tertiary/aromatic N) is 3. The molecule has 13 aromatic rings. The van der Waals surface area contributed by atoms with E-state index in [1.54, 1.807) is 22.7 Å². The highest BCUT2D eigenvalue weighted by Gasteiger charge is 2.32. The lowest BCUT2D eigenvalue weighted by molar-refractivity contribution is 0.669. The molecule has 9 aromatic carbocycles. The fraction of sp³-hybridized carbons (Fsp3) is 0. The van der Waals surface area contributed by atoms with Crippen LogP contribution in [0.1, 0.15) is 11.1 Å². The molecule has 0 spiro atoms. The van der Waals surface area contributed by atoms with E-state index in [0.717, 1.165) is 86.6 Å². The summed E-state index contributed by atoms with van der Waals surface area (Å²) in [4.78, 5) is 0. The number of fused-ring (bicyclic) bond motifs is 14. The van der Waals surface area contributed by atoms with Gasteiger partial charge in [-0.05, 0) is 47.0 Å². The van der Waals surface area contributed by atoms with E-state index in [2.05, 4.69) is 120 Å². The zero-order valence-electron chi connectivity index (χ0n) is 32.8. The van der Waals surface area contributed by atoms with E-state index in [1.807, 2.05) is 72.8 Å². The van der Waals surface area contributed by atoms with Crippen molar-refractivity contribution >= 4 is 107 Å². The van der Waals surface area contributed by atoms with Gasteiger partial charge in [-0.15, -0.1) is 22.7 Å². The average molecular weight is 824 g/mol. The Balaban J connectivity index is 1.33. The van der Waals surface area contributed by atoms with Crippen LogP contribution in [-0.2, 0) is 0 Å². The normalized spacial score (nSPS) is 11.8. The lowest BCUT2D eigenvalue weighted by Gasteiger charge is -2.24. The molecule has 0 saturated heterocycles. The van der Waals surface area contributed by atoms with Gasteiger partial charge in [-0.3, -0.25) is 0 Å². The molecule has 286 valence electrons. The summed E-state index contributed by atoms with van der Waals surface area (Å²) in [6, 6.07) is 66.3. The van der Waals surface area contributed by atoms with Gasteiger partial charge >= 0.3 is 0 Å². The van der Waals surface area contributed by atoms with Crippen LogP contribution in [0.25, 0.3) is 123 Å². The van der Waals surface area contributed by atoms with Crippen LogP contribution in [0.15, 0.2) is 180 Å². The third-order valence-corrected chi connectivity index (χ3v) is 14.9. The van der Waals surface area contributed by atoms with Crippen LogP contribution in [0.4, 0.5) is 0 Å². The van der Waals surface area contributed by atoms with Gasteiger partial charge < -0.3 is 8.98 Å². The van der Waals surface area contributed by atoms with Crippen LogP contribution in [0.2, 0.25) is 0 Å². The zero-order valence-corrected chi connectivity index (χ0v) is 34.4. The average Bonchev–Trinajstić information content (AvgIpc) is 4.10. The maximum Gasteiger partial charge on any atom is 0.135 e. The molecule has 0 bridgehead atoms. The number of hydrogen-bond donors (Lipinski definition) is 0. The highest BCUT2D eigenvalue weighted by molar-refractivity contribution is 7.27. The summed E-state index contributed by atoms with van der Waals surface area (Å²) in [7, 11) is 0. The van der Waals surface area contributed by atoms with Crippen molar-refractivity contribution in [2.75, 3.05) is 0 Å². The molecule has 0 unspecified atom stereocenters. The van der Waals surface area contributed by atoms with Gasteiger partial charge in [0.25, 0.3) is 0 Å². The van der Waals surface area contributed by atoms with Crippen LogP contribution < -0.4 is 0 Å². The second-order valence-corrected chi connectivity index (χ2v) is 17.8. The smallest absolute Gasteiger partial charge is 0.135 e. The Labute approximate surface area is 362 Å². The summed E-state index contributed by atoms with van der Waals surface area (Å²) >= 11 is 3.58. The van der Waals surface area contributed by atoms with Crippen molar-refractivity contribution in [3.63, 3.8) is 0 Å². The van der Waals surface area contributed by atoms with Gasteiger partial charge in [0.15, 0.2) is 0 Å². The lowest BCUT2D eigenvalue weighted by atomic mass is 9.81. The van der Waals surface area contributed by atoms with Crippen molar-refractivity contribution < 1.29 is 4.42 Å². The van der Waals surface area contributed by atoms with Gasteiger partial charge in [-0.2, -0.15) is 10.5 Å². The number of nitriles is 2. The second-order valence-electron chi connectivity index (χ2n) is 15.7. The van der Waals surface area contributed by atoms with E-state index >= 15 is 0 Å². The minimum absolute atomic E-state index is 0.445. The summed E-state index contributed by atoms with van der Waals surface area (Å²) in [6.45, 7) is 0. The standard InChI is InChI=1S/C56H29N3OS2/c57-30-43-49(32-13-3-1-4-14-32)44(31-58)52(51(33-15-5-2-6-16-33)50(43)34-23-28-46-42(29-34)35-17-7-10-20-45(35)60-46)59-53-38(24-26-40-36-18-8-11-21-47(36)61-55(40)53)39-25-27-41-37-19-9-12-22-48(37)62-56(41)54(39)59/h1-29H. The van der Waals surface area contributed by atoms with Gasteiger partial charge in [0.2, 0.25) is 0 Å². The van der Waals surface area contributed by atoms with E-state index in [1.165, 1.54) is 30.9 Å². The third kappa shape index (κ3) is 4.79. The fourth-order valence-corrected chi connectivity index (χ4v) is 12.4. The molecule has 0 fully saturated rings. The predicted molar refractivity (Wildman–Crippen MR) is 260 cm³/mol. The number of rotatable bonds is 4. The van der Waals surface area contributed by atoms with Crippen LogP contribution in [0.3, 0.4) is 0 Å². The van der Waals surface area contributed by atoms with Crippen molar-refractivity contribution in [2.45, 2.75) is 0 Å². The van der Waals surface area contributed by atoms with E-state index in [0.29, 0.717) is 16.7 Å². The van der Waals surface area contributed by atoms with Crippen molar-refractivity contribution in [3.05, 3.63) is 187 Å². The first-order valence-electron chi connectivity index (χ1n) is 20.5. The summed E-state index contributed by atoms with van der Waals surface area (Å²) in [6.07, 6.45) is 0. The van der Waals surface area contributed by atoms with Gasteiger partial charge in [0.05, 0.1) is 37.2 Å². The molecule has 4 nitrogen and oxygen atoms in total. The molecule has 4 aromatic heterocycles. The summed E-state index contributed by atoms with van der Waals surface area (Å²) < 4.78 is 13.5. The fourth-order valence-electron chi connectivity index (χ4n) is 9.89. The summed E-state index contributed by atoms with van der Waals surface area (Å²) in [5.74, 6) is 0. The first-order valence-corrected chi connectivity index (χ1v) is 22.1. The molecule has 0 N–H and O–H groups in total. The van der Waals surface area contributed by atoms with Crippen LogP contribution in [0, 0.1) is 22.7 Å². The number of aromatic nitrogens is 1. The largest absolute Gasteiger partial charge is 0.456 e. The van der Waals surface area contributed by atoms with Crippen LogP contribution in [0.5, 0.6) is 0 Å². The summed E-state index contributed by atoms with van der Waals surface area (Å²) in [5, 5.41) is 32.4. The maximum atomic E-state index is 11.9. The summed E-state index contributed by atoms with van der Waals surface area (Å²) in [5.41, 5.74) is 10.1. The maximum absolute atomic E-state index is 11.9. The Hall–Kier alpha value is -8.00. The molecule has 0 saturated carbocycles. The predicted octanol–water partition coefficient (Wildman–Crippen LogP) is 16.2. The van der Waals surface area contributed by atoms with Crippen molar-refractivity contribution in [3.8, 4) is 51.2 Å². The Bertz CT molecular complexity index is 3990. The van der Waals surface area contributed by atoms with E-state index in [4.69, 9.17) is 4.42 Å². The minimum atomic E-state index is 0.445. The van der Waals surface area contributed by atoms with Crippen LogP contribution >= 0.6 is 22.7 Å². The second kappa shape index (κ2) is 13.3. The Morgan fingerprint density at radius 3 is 1.48 bits per heavy atom. The first-order chi connectivity index (χ1) is 30.7. The van der Waals surface area contributed by atoms with Gasteiger partial charge in [0.1, 0.15) is 23.3 Å². The van der Waals surface area contributed by atoms with Gasteiger partial charge in [0, 0.05) is 69.2 Å². The minimum Gasteiger partial charge on any atom is -0.456 e. The van der Waals surface area contributed by atoms with E-state index < -0.39 is 0 Å². The SMILES string of the molecule is N#Cc1c(-c2ccccc2)c(C#N)c(-n2c3c(ccc4c5ccccc5sc43)c3ccc4c5ccccc5sc4c32)c(-c2ccccc2)c1-c1ccc2oc3ccccc3c2c1. The topological polar surface area (TPSA) is 65.7 Å². The lowest BCUT2D eigenvalue weighted by Crippen LogP contribution is -2.08. The van der Waals surface area contributed by atoms with Crippen LogP contribution in [-0.4, -0.2) is 4.57 Å². The Morgan fingerprint density at radius 1 is 0.387 bits per heavy atom. The van der Waals surface area contributed by atoms with Crippen molar-refractivity contribution in [2.24, 2.45) is 0 Å². The quantitative estimate of drug-likeness (QED) is 0.178. The molecule has 4 heterocycles. The highest BCUT2D eigenvalue weighted by Crippen LogP contribution is 2.53. The molecule has 0 atom stereocenters. The van der Waals surface area contributed by atoms with Crippen molar-refractivity contribution in [1.82, 2.24) is 4.57 Å². The molecule has 0 aliphatic heterocycles. The molecular weight excluding hydrogens is 795 g/mol. The molecule has 6 heteroatoms. The third-order valence-electron chi connectivity index (χ3n) is 12.5. The first kappa shape index (κ1) is 34.8. The number of furan rings is 1. The van der Waals surface area contributed by atoms with E-state index in [9.17, 15) is 10.5 Å². The molecule has 0 radical (unpaired) electrons. The van der Waals surface area contributed by atoms with Gasteiger partial charge in [-0.1, -0.05) is 146 Å². The number of para-hydroxylation sites is 1. The Kier molecular flexibility index (Phi) is 7.44. The number of benzene rings is 9. The van der Waals surface area contributed by atoms with E-state index in [-0.39, 0.29) is 0 Å². The zero-order chi connectivity index (χ0) is 41.1. The molecular formula is C56H29N3OS2.